The molecule has 1 aromatic rings. The van der Waals surface area contributed by atoms with Crippen LogP contribution in [0.5, 0.6) is 5.75 Å². The summed E-state index contributed by atoms with van der Waals surface area (Å²) in [6.07, 6.45) is -1.60. The van der Waals surface area contributed by atoms with E-state index in [0.29, 0.717) is 5.56 Å². The Bertz CT molecular complexity index is 990. The molecule has 1 unspecified atom stereocenters. The molecule has 31 heavy (non-hydrogen) atoms. The molecule has 14 heteroatoms. The van der Waals surface area contributed by atoms with Crippen LogP contribution in [0.3, 0.4) is 0 Å². The van der Waals surface area contributed by atoms with Crippen molar-refractivity contribution in [3.63, 3.8) is 0 Å². The first kappa shape index (κ1) is 22.9. The van der Waals surface area contributed by atoms with Crippen LogP contribution < -0.4 is 21.7 Å². The van der Waals surface area contributed by atoms with Gasteiger partial charge in [-0.1, -0.05) is 17.7 Å². The molecule has 11 nitrogen and oxygen atoms in total. The van der Waals surface area contributed by atoms with E-state index in [0.717, 1.165) is 4.90 Å². The quantitative estimate of drug-likeness (QED) is 0.150. The van der Waals surface area contributed by atoms with Crippen molar-refractivity contribution in [2.45, 2.75) is 17.5 Å². The largest absolute Gasteiger partial charge is 0.512 e. The van der Waals surface area contributed by atoms with Crippen LogP contribution in [0.25, 0.3) is 0 Å². The summed E-state index contributed by atoms with van der Waals surface area (Å²) in [5.41, 5.74) is 6.67. The highest BCUT2D eigenvalue weighted by Crippen LogP contribution is 2.41. The Morgan fingerprint density at radius 2 is 2.16 bits per heavy atom. The number of nitrogens with two attached hydrogens (primary N) is 1. The maximum absolute atomic E-state index is 12.7. The number of halogens is 1. The second-order valence-electron chi connectivity index (χ2n) is 6.43. The molecule has 0 bridgehead atoms. The van der Waals surface area contributed by atoms with Crippen molar-refractivity contribution < 1.29 is 29.3 Å². The van der Waals surface area contributed by atoms with Gasteiger partial charge in [0.2, 0.25) is 11.8 Å². The minimum atomic E-state index is -1.60. The number of carbonyl (C=O) groups is 3. The van der Waals surface area contributed by atoms with E-state index in [9.17, 15) is 19.5 Å². The Kier molecular flexibility index (Phi) is 6.79. The van der Waals surface area contributed by atoms with Gasteiger partial charge in [-0.25, -0.2) is 4.79 Å². The van der Waals surface area contributed by atoms with Crippen LogP contribution in [-0.4, -0.2) is 62.4 Å². The first-order chi connectivity index (χ1) is 14.6. The molecule has 0 aliphatic carbocycles. The Morgan fingerprint density at radius 1 is 1.45 bits per heavy atom. The van der Waals surface area contributed by atoms with Crippen molar-refractivity contribution >= 4 is 64.4 Å². The number of phenols is 1. The zero-order chi connectivity index (χ0) is 22.9. The number of thioether (sulfide) groups is 1. The molecule has 166 valence electrons. The highest BCUT2D eigenvalue weighted by molar-refractivity contribution is 8.00. The molecule has 1 saturated heterocycles. The van der Waals surface area contributed by atoms with E-state index in [4.69, 9.17) is 34.7 Å². The van der Waals surface area contributed by atoms with Gasteiger partial charge in [0, 0.05) is 12.8 Å². The molecule has 3 rings (SSSR count). The average molecular weight is 488 g/mol. The fourth-order valence-electron chi connectivity index (χ4n) is 2.95. The van der Waals surface area contributed by atoms with Gasteiger partial charge in [-0.3, -0.25) is 14.5 Å². The molecular formula is C17H18ClN5O6S2. The molecular weight excluding hydrogens is 470 g/mol. The second-order valence-corrected chi connectivity index (χ2v) is 8.40. The van der Waals surface area contributed by atoms with E-state index in [2.05, 4.69) is 20.7 Å². The number of β-lactam (4-membered cyclic amide) rings is 1. The number of anilines is 1. The number of carbonyl (C=O) groups excluding carboxylic acids is 2. The number of carboxylic acid groups (broad SMARTS) is 1. The van der Waals surface area contributed by atoms with Crippen LogP contribution in [0.4, 0.5) is 10.5 Å². The third-order valence-electron chi connectivity index (χ3n) is 4.49. The van der Waals surface area contributed by atoms with Crippen LogP contribution in [0.1, 0.15) is 11.6 Å². The first-order valence-electron chi connectivity index (χ1n) is 8.75. The van der Waals surface area contributed by atoms with Gasteiger partial charge in [0.15, 0.2) is 5.11 Å². The molecule has 0 saturated carbocycles. The highest BCUT2D eigenvalue weighted by atomic mass is 35.5. The molecule has 0 spiro atoms. The predicted octanol–water partition coefficient (Wildman–Crippen LogP) is 0.811. The monoisotopic (exact) mass is 487 g/mol. The third kappa shape index (κ3) is 4.63. The fraction of sp³-hybridized carbons (Fsp3) is 0.294. The van der Waals surface area contributed by atoms with Gasteiger partial charge in [-0.05, 0) is 29.9 Å². The molecule has 0 radical (unpaired) electrons. The van der Waals surface area contributed by atoms with Crippen molar-refractivity contribution in [3.8, 4) is 5.75 Å². The van der Waals surface area contributed by atoms with Gasteiger partial charge in [0.05, 0.1) is 10.7 Å². The number of phenolic OH excluding ortho intramolecular Hbond substituents is 1. The maximum atomic E-state index is 12.7. The van der Waals surface area contributed by atoms with E-state index >= 15 is 0 Å². The normalized spacial score (nSPS) is 20.9. The number of nitrogens with zero attached hydrogens (tertiary/aromatic N) is 1. The Morgan fingerprint density at radius 3 is 2.81 bits per heavy atom. The number of amides is 2. The zero-order valence-electron chi connectivity index (χ0n) is 15.9. The number of thiocarbonyl (C=S) groups is 1. The number of hydrogen-bond donors (Lipinski definition) is 6. The lowest BCUT2D eigenvalue weighted by Gasteiger charge is -2.48. The lowest BCUT2D eigenvalue weighted by Crippen LogP contribution is -2.70. The molecule has 1 fully saturated rings. The topological polar surface area (TPSA) is 166 Å². The van der Waals surface area contributed by atoms with E-state index in [-0.39, 0.29) is 33.2 Å². The van der Waals surface area contributed by atoms with Crippen molar-refractivity contribution in [1.29, 1.82) is 0 Å². The molecule has 2 amide bonds. The molecule has 0 aromatic heterocycles. The van der Waals surface area contributed by atoms with E-state index in [1.54, 1.807) is 7.05 Å². The summed E-state index contributed by atoms with van der Waals surface area (Å²) in [6.45, 7) is 0. The summed E-state index contributed by atoms with van der Waals surface area (Å²) in [4.78, 5) is 37.1. The highest BCUT2D eigenvalue weighted by Gasteiger charge is 2.54. The van der Waals surface area contributed by atoms with Gasteiger partial charge in [-0.2, -0.15) is 0 Å². The number of rotatable bonds is 5. The van der Waals surface area contributed by atoms with Crippen LogP contribution in [0, 0.1) is 0 Å². The smallest absolute Gasteiger partial charge is 0.506 e. The first-order valence-corrected chi connectivity index (χ1v) is 10.6. The fourth-order valence-corrected chi connectivity index (χ4v) is 4.54. The minimum Gasteiger partial charge on any atom is -0.506 e. The van der Waals surface area contributed by atoms with Crippen molar-refractivity contribution in [2.75, 3.05) is 18.1 Å². The number of fused-ring (bicyclic) bond motifs is 1. The predicted molar refractivity (Wildman–Crippen MR) is 117 cm³/mol. The van der Waals surface area contributed by atoms with Crippen LogP contribution >= 0.6 is 35.6 Å². The van der Waals surface area contributed by atoms with E-state index in [1.165, 1.54) is 30.0 Å². The van der Waals surface area contributed by atoms with Gasteiger partial charge >= 0.3 is 6.16 Å². The summed E-state index contributed by atoms with van der Waals surface area (Å²) in [5.74, 6) is -1.33. The Labute approximate surface area is 190 Å². The summed E-state index contributed by atoms with van der Waals surface area (Å²) >= 11 is 12.2. The molecule has 2 heterocycles. The zero-order valence-corrected chi connectivity index (χ0v) is 18.3. The summed E-state index contributed by atoms with van der Waals surface area (Å²) < 4.78 is 4.62. The average Bonchev–Trinajstić information content (AvgIpc) is 2.73. The van der Waals surface area contributed by atoms with Gasteiger partial charge in [-0.15, -0.1) is 11.8 Å². The molecule has 2 aliphatic rings. The SMILES string of the molecule is CNC(=S)Nc1cc(C(N)C(=O)N[C@@H]2C(=O)N3C(OC(=O)O)=C(Cl)CS[C@@H]23)ccc1O. The minimum absolute atomic E-state index is 0.0853. The van der Waals surface area contributed by atoms with Crippen LogP contribution in [-0.2, 0) is 14.3 Å². The Balaban J connectivity index is 1.70. The van der Waals surface area contributed by atoms with Crippen LogP contribution in [0.2, 0.25) is 0 Å². The van der Waals surface area contributed by atoms with Gasteiger partial charge < -0.3 is 36.6 Å². The van der Waals surface area contributed by atoms with Crippen molar-refractivity contribution in [1.82, 2.24) is 15.5 Å². The summed E-state index contributed by atoms with van der Waals surface area (Å²) in [5, 5.41) is 26.6. The number of nitrogens with one attached hydrogen (secondary N) is 3. The number of ether oxygens (including phenoxy) is 1. The standard InChI is InChI=1S/C17H18ClN5O6S2/c1-20-16(30)21-8-4-6(2-3-9(8)24)10(19)12(25)22-11-13(26)23-14(29-17(27)28)7(18)5-31-15(11)23/h2-4,10-11,15,24H,5,19H2,1H3,(H,22,25)(H,27,28)(H2,20,21,30)/t10?,11-,15+/m1/s1. The number of aromatic hydroxyl groups is 1. The Hall–Kier alpha value is -2.74. The van der Waals surface area contributed by atoms with Gasteiger partial charge in [0.25, 0.3) is 5.91 Å². The molecule has 3 atom stereocenters. The van der Waals surface area contributed by atoms with Crippen LogP contribution in [0.15, 0.2) is 29.1 Å². The summed E-state index contributed by atoms with van der Waals surface area (Å²) in [7, 11) is 1.60. The molecule has 2 aliphatic heterocycles. The van der Waals surface area contributed by atoms with Crippen molar-refractivity contribution in [3.05, 3.63) is 34.7 Å². The molecule has 7 N–H and O–H groups in total. The van der Waals surface area contributed by atoms with E-state index in [1.807, 2.05) is 0 Å². The lowest BCUT2D eigenvalue weighted by atomic mass is 10.0. The number of benzene rings is 1. The maximum Gasteiger partial charge on any atom is 0.512 e. The number of hydrogen-bond acceptors (Lipinski definition) is 8. The molecule has 1 aromatic carbocycles. The second kappa shape index (κ2) is 9.18. The lowest BCUT2D eigenvalue weighted by molar-refractivity contribution is -0.149. The third-order valence-corrected chi connectivity index (χ3v) is 6.53. The van der Waals surface area contributed by atoms with E-state index < -0.39 is 35.4 Å². The summed E-state index contributed by atoms with van der Waals surface area (Å²) in [6, 6.07) is 2.23. The van der Waals surface area contributed by atoms with Crippen molar-refractivity contribution in [2.24, 2.45) is 5.73 Å². The van der Waals surface area contributed by atoms with Gasteiger partial charge in [0.1, 0.15) is 23.2 Å².